The molecule has 1 aliphatic rings. The van der Waals surface area contributed by atoms with Gasteiger partial charge in [-0.05, 0) is 40.8 Å². The molecule has 6 nitrogen and oxygen atoms in total. The number of hydrogen-bond acceptors (Lipinski definition) is 4. The maximum absolute atomic E-state index is 11.9. The van der Waals surface area contributed by atoms with Crippen molar-refractivity contribution in [3.8, 4) is 5.75 Å². The molecule has 1 aliphatic heterocycles. The van der Waals surface area contributed by atoms with Crippen LogP contribution in [0.3, 0.4) is 0 Å². The number of hydrogen-bond donors (Lipinski definition) is 1. The van der Waals surface area contributed by atoms with Crippen LogP contribution in [-0.4, -0.2) is 54.8 Å². The first kappa shape index (κ1) is 15.0. The molecule has 0 aromatic heterocycles. The lowest BCUT2D eigenvalue weighted by Crippen LogP contribution is -2.43. The van der Waals surface area contributed by atoms with E-state index in [0.29, 0.717) is 32.1 Å². The summed E-state index contributed by atoms with van der Waals surface area (Å²) in [4.78, 5) is 24.5. The lowest BCUT2D eigenvalue weighted by Gasteiger charge is -2.26. The summed E-state index contributed by atoms with van der Waals surface area (Å²) in [5.74, 6) is -0.734. The van der Waals surface area contributed by atoms with Gasteiger partial charge in [-0.3, -0.25) is 4.79 Å². The Morgan fingerprint density at radius 2 is 2.05 bits per heavy atom. The van der Waals surface area contributed by atoms with Crippen LogP contribution in [0, 0.1) is 3.57 Å². The van der Waals surface area contributed by atoms with E-state index in [2.05, 4.69) is 0 Å². The predicted molar refractivity (Wildman–Crippen MR) is 79.0 cm³/mol. The molecule has 1 amide bonds. The molecule has 1 aromatic rings. The summed E-state index contributed by atoms with van der Waals surface area (Å²) in [6.45, 7) is 2.11. The van der Waals surface area contributed by atoms with Gasteiger partial charge in [0.1, 0.15) is 5.75 Å². The summed E-state index contributed by atoms with van der Waals surface area (Å²) in [5.41, 5.74) is 0.138. The fourth-order valence-electron chi connectivity index (χ4n) is 1.79. The Kier molecular flexibility index (Phi) is 5.18. The summed E-state index contributed by atoms with van der Waals surface area (Å²) in [6.07, 6.45) is 0. The van der Waals surface area contributed by atoms with Gasteiger partial charge < -0.3 is 19.5 Å². The van der Waals surface area contributed by atoms with E-state index in [0.717, 1.165) is 3.57 Å². The Bertz CT molecular complexity index is 513. The third kappa shape index (κ3) is 3.83. The second-order valence-electron chi connectivity index (χ2n) is 4.23. The van der Waals surface area contributed by atoms with Gasteiger partial charge in [0.15, 0.2) is 6.61 Å². The third-order valence-electron chi connectivity index (χ3n) is 2.89. The maximum Gasteiger partial charge on any atom is 0.335 e. The first-order valence-corrected chi connectivity index (χ1v) is 7.17. The molecule has 0 atom stereocenters. The lowest BCUT2D eigenvalue weighted by molar-refractivity contribution is -0.137. The molecular weight excluding hydrogens is 377 g/mol. The Balaban J connectivity index is 1.97. The molecule has 1 saturated heterocycles. The molecule has 1 heterocycles. The molecule has 108 valence electrons. The fourth-order valence-corrected chi connectivity index (χ4v) is 2.28. The van der Waals surface area contributed by atoms with E-state index in [1.165, 1.54) is 12.1 Å². The number of rotatable bonds is 4. The van der Waals surface area contributed by atoms with Crippen molar-refractivity contribution in [3.63, 3.8) is 0 Å². The SMILES string of the molecule is O=C(O)c1ccc(I)c(OCC(=O)N2CCOCC2)c1. The van der Waals surface area contributed by atoms with Gasteiger partial charge in [-0.1, -0.05) is 0 Å². The molecule has 1 N–H and O–H groups in total. The van der Waals surface area contributed by atoms with Gasteiger partial charge >= 0.3 is 5.97 Å². The minimum absolute atomic E-state index is 0.0981. The van der Waals surface area contributed by atoms with Gasteiger partial charge in [0.05, 0.1) is 22.3 Å². The van der Waals surface area contributed by atoms with E-state index < -0.39 is 5.97 Å². The van der Waals surface area contributed by atoms with E-state index in [9.17, 15) is 9.59 Å². The van der Waals surface area contributed by atoms with E-state index in [1.807, 2.05) is 22.6 Å². The molecule has 0 saturated carbocycles. The van der Waals surface area contributed by atoms with Crippen molar-refractivity contribution < 1.29 is 24.2 Å². The van der Waals surface area contributed by atoms with Gasteiger partial charge in [0.2, 0.25) is 0 Å². The van der Waals surface area contributed by atoms with Crippen molar-refractivity contribution in [3.05, 3.63) is 27.3 Å². The normalized spacial score (nSPS) is 14.9. The number of carbonyl (C=O) groups excluding carboxylic acids is 1. The van der Waals surface area contributed by atoms with Gasteiger partial charge in [0.25, 0.3) is 5.91 Å². The number of nitrogens with zero attached hydrogens (tertiary/aromatic N) is 1. The summed E-state index contributed by atoms with van der Waals surface area (Å²) in [5, 5.41) is 8.93. The van der Waals surface area contributed by atoms with Gasteiger partial charge in [0, 0.05) is 13.1 Å². The van der Waals surface area contributed by atoms with Crippen LogP contribution >= 0.6 is 22.6 Å². The highest BCUT2D eigenvalue weighted by Crippen LogP contribution is 2.22. The number of amides is 1. The van der Waals surface area contributed by atoms with Gasteiger partial charge in [-0.25, -0.2) is 4.79 Å². The predicted octanol–water partition coefficient (Wildman–Crippen LogP) is 1.23. The average molecular weight is 391 g/mol. The van der Waals surface area contributed by atoms with Crippen molar-refractivity contribution in [2.75, 3.05) is 32.9 Å². The van der Waals surface area contributed by atoms with Crippen LogP contribution in [0.2, 0.25) is 0 Å². The Morgan fingerprint density at radius 3 is 2.70 bits per heavy atom. The zero-order valence-electron chi connectivity index (χ0n) is 10.7. The Labute approximate surface area is 129 Å². The molecule has 0 bridgehead atoms. The minimum atomic E-state index is -1.02. The molecule has 7 heteroatoms. The van der Waals surface area contributed by atoms with E-state index >= 15 is 0 Å². The first-order chi connectivity index (χ1) is 9.58. The molecule has 1 aromatic carbocycles. The third-order valence-corrected chi connectivity index (χ3v) is 3.78. The topological polar surface area (TPSA) is 76.1 Å². The van der Waals surface area contributed by atoms with Crippen molar-refractivity contribution in [2.24, 2.45) is 0 Å². The van der Waals surface area contributed by atoms with E-state index in [1.54, 1.807) is 11.0 Å². The van der Waals surface area contributed by atoms with Crippen molar-refractivity contribution in [1.29, 1.82) is 0 Å². The molecule has 0 aliphatic carbocycles. The van der Waals surface area contributed by atoms with Crippen LogP contribution in [0.5, 0.6) is 5.75 Å². The summed E-state index contributed by atoms with van der Waals surface area (Å²) < 4.78 is 11.4. The number of benzene rings is 1. The summed E-state index contributed by atoms with van der Waals surface area (Å²) in [6, 6.07) is 4.58. The Morgan fingerprint density at radius 1 is 1.35 bits per heavy atom. The molecule has 0 unspecified atom stereocenters. The molecule has 1 fully saturated rings. The monoisotopic (exact) mass is 391 g/mol. The number of carboxylic acids is 1. The number of morpholine rings is 1. The molecule has 2 rings (SSSR count). The highest BCUT2D eigenvalue weighted by Gasteiger charge is 2.18. The largest absolute Gasteiger partial charge is 0.483 e. The smallest absolute Gasteiger partial charge is 0.335 e. The number of ether oxygens (including phenoxy) is 2. The van der Waals surface area contributed by atoms with Crippen molar-refractivity contribution in [2.45, 2.75) is 0 Å². The minimum Gasteiger partial charge on any atom is -0.483 e. The highest BCUT2D eigenvalue weighted by molar-refractivity contribution is 14.1. The highest BCUT2D eigenvalue weighted by atomic mass is 127. The van der Waals surface area contributed by atoms with Crippen molar-refractivity contribution in [1.82, 2.24) is 4.90 Å². The van der Waals surface area contributed by atoms with Crippen LogP contribution < -0.4 is 4.74 Å². The second-order valence-corrected chi connectivity index (χ2v) is 5.39. The zero-order valence-corrected chi connectivity index (χ0v) is 12.8. The molecule has 20 heavy (non-hydrogen) atoms. The number of aromatic carboxylic acids is 1. The molecular formula is C13H14INO5. The standard InChI is InChI=1S/C13H14INO5/c14-10-2-1-9(13(17)18)7-11(10)20-8-12(16)15-3-5-19-6-4-15/h1-2,7H,3-6,8H2,(H,17,18). The summed E-state index contributed by atoms with van der Waals surface area (Å²) >= 11 is 2.04. The van der Waals surface area contributed by atoms with Crippen LogP contribution in [-0.2, 0) is 9.53 Å². The number of halogens is 1. The average Bonchev–Trinajstić information content (AvgIpc) is 2.46. The number of carbonyl (C=O) groups is 2. The van der Waals surface area contributed by atoms with Gasteiger partial charge in [-0.2, -0.15) is 0 Å². The fraction of sp³-hybridized carbons (Fsp3) is 0.385. The zero-order chi connectivity index (χ0) is 14.5. The van der Waals surface area contributed by atoms with Crippen LogP contribution in [0.25, 0.3) is 0 Å². The molecule has 0 radical (unpaired) electrons. The maximum atomic E-state index is 11.9. The Hall–Kier alpha value is -1.35. The lowest BCUT2D eigenvalue weighted by atomic mass is 10.2. The number of carboxylic acid groups (broad SMARTS) is 1. The first-order valence-electron chi connectivity index (χ1n) is 6.09. The van der Waals surface area contributed by atoms with Gasteiger partial charge in [-0.15, -0.1) is 0 Å². The van der Waals surface area contributed by atoms with E-state index in [4.69, 9.17) is 14.6 Å². The van der Waals surface area contributed by atoms with Crippen LogP contribution in [0.15, 0.2) is 18.2 Å². The van der Waals surface area contributed by atoms with Crippen LogP contribution in [0.4, 0.5) is 0 Å². The summed E-state index contributed by atoms with van der Waals surface area (Å²) in [7, 11) is 0. The molecule has 0 spiro atoms. The van der Waals surface area contributed by atoms with Crippen LogP contribution in [0.1, 0.15) is 10.4 Å². The van der Waals surface area contributed by atoms with Crippen molar-refractivity contribution >= 4 is 34.5 Å². The second kappa shape index (κ2) is 6.89. The van der Waals surface area contributed by atoms with E-state index in [-0.39, 0.29) is 18.1 Å². The quantitative estimate of drug-likeness (QED) is 0.782.